The molecule has 6 heteroatoms. The van der Waals surface area contributed by atoms with Crippen LogP contribution in [0.15, 0.2) is 35.3 Å². The first kappa shape index (κ1) is 8.36. The van der Waals surface area contributed by atoms with Crippen LogP contribution in [0.3, 0.4) is 0 Å². The summed E-state index contributed by atoms with van der Waals surface area (Å²) < 4.78 is 0. The van der Waals surface area contributed by atoms with E-state index in [1.165, 1.54) is 0 Å². The fourth-order valence-electron chi connectivity index (χ4n) is 0.870. The lowest BCUT2D eigenvalue weighted by Gasteiger charge is -1.78. The average molecular weight is 188 g/mol. The molecule has 6 nitrogen and oxygen atoms in total. The molecule has 0 unspecified atom stereocenters. The van der Waals surface area contributed by atoms with E-state index in [1.807, 2.05) is 0 Å². The zero-order valence-electron chi connectivity index (χ0n) is 7.25. The van der Waals surface area contributed by atoms with Gasteiger partial charge in [0.2, 0.25) is 0 Å². The molecule has 2 aromatic rings. The van der Waals surface area contributed by atoms with E-state index in [4.69, 9.17) is 0 Å². The fourth-order valence-corrected chi connectivity index (χ4v) is 0.870. The largest absolute Gasteiger partial charge is 0.351 e. The zero-order valence-corrected chi connectivity index (χ0v) is 7.25. The third-order valence-corrected chi connectivity index (χ3v) is 1.49. The summed E-state index contributed by atoms with van der Waals surface area (Å²) in [4.78, 5) is 13.5. The van der Waals surface area contributed by atoms with E-state index in [-0.39, 0.29) is 0 Å². The van der Waals surface area contributed by atoms with Crippen molar-refractivity contribution in [1.82, 2.24) is 19.9 Å². The normalized spacial score (nSPS) is 11.7. The molecule has 0 saturated heterocycles. The standard InChI is InChI=1S/C8H8N6/c1-7(11-5-9-1)3-13-14-4-8-2-10-6-12-8/h1-6H,(H,9,11)(H,10,12). The number of hydrogen-bond donors (Lipinski definition) is 2. The van der Waals surface area contributed by atoms with Gasteiger partial charge in [-0.3, -0.25) is 0 Å². The summed E-state index contributed by atoms with van der Waals surface area (Å²) in [6, 6.07) is 0. The molecular weight excluding hydrogens is 180 g/mol. The van der Waals surface area contributed by atoms with Gasteiger partial charge in [0, 0.05) is 12.4 Å². The predicted molar refractivity (Wildman–Crippen MR) is 52.4 cm³/mol. The zero-order chi connectivity index (χ0) is 9.64. The molecule has 14 heavy (non-hydrogen) atoms. The molecule has 2 aromatic heterocycles. The smallest absolute Gasteiger partial charge is 0.101 e. The Morgan fingerprint density at radius 3 is 1.79 bits per heavy atom. The van der Waals surface area contributed by atoms with Crippen molar-refractivity contribution in [3.63, 3.8) is 0 Å². The van der Waals surface area contributed by atoms with Crippen molar-refractivity contribution >= 4 is 12.4 Å². The minimum atomic E-state index is 0.740. The van der Waals surface area contributed by atoms with Crippen LogP contribution in [0.1, 0.15) is 11.4 Å². The van der Waals surface area contributed by atoms with E-state index in [0.29, 0.717) is 0 Å². The van der Waals surface area contributed by atoms with E-state index in [0.717, 1.165) is 11.4 Å². The summed E-state index contributed by atoms with van der Waals surface area (Å²) in [7, 11) is 0. The first-order valence-electron chi connectivity index (χ1n) is 3.99. The number of nitrogens with zero attached hydrogens (tertiary/aromatic N) is 4. The van der Waals surface area contributed by atoms with Gasteiger partial charge >= 0.3 is 0 Å². The highest BCUT2D eigenvalue weighted by atomic mass is 15.2. The van der Waals surface area contributed by atoms with E-state index in [9.17, 15) is 0 Å². The van der Waals surface area contributed by atoms with Crippen LogP contribution in [0.25, 0.3) is 0 Å². The monoisotopic (exact) mass is 188 g/mol. The SMILES string of the molecule is C(=NN=Cc1c[nH]cn1)c1c[nH]cn1. The molecule has 0 spiro atoms. The Balaban J connectivity index is 1.94. The highest BCUT2D eigenvalue weighted by molar-refractivity contribution is 5.79. The highest BCUT2D eigenvalue weighted by Crippen LogP contribution is 1.87. The summed E-state index contributed by atoms with van der Waals surface area (Å²) in [5.41, 5.74) is 1.48. The molecule has 70 valence electrons. The molecule has 0 atom stereocenters. The Morgan fingerprint density at radius 1 is 0.929 bits per heavy atom. The van der Waals surface area contributed by atoms with Crippen molar-refractivity contribution < 1.29 is 0 Å². The lowest BCUT2D eigenvalue weighted by atomic mass is 10.5. The quantitative estimate of drug-likeness (QED) is 0.545. The molecular formula is C8H8N6. The maximum absolute atomic E-state index is 3.95. The lowest BCUT2D eigenvalue weighted by molar-refractivity contribution is 1.24. The van der Waals surface area contributed by atoms with Gasteiger partial charge in [0.15, 0.2) is 0 Å². The van der Waals surface area contributed by atoms with E-state index in [1.54, 1.807) is 37.5 Å². The Morgan fingerprint density at radius 2 is 1.43 bits per heavy atom. The fraction of sp³-hybridized carbons (Fsp3) is 0. The molecule has 2 rings (SSSR count). The van der Waals surface area contributed by atoms with Crippen molar-refractivity contribution in [3.8, 4) is 0 Å². The molecule has 0 fully saturated rings. The van der Waals surface area contributed by atoms with Gasteiger partial charge < -0.3 is 9.97 Å². The van der Waals surface area contributed by atoms with Gasteiger partial charge in [-0.15, -0.1) is 0 Å². The maximum atomic E-state index is 3.95. The van der Waals surface area contributed by atoms with Gasteiger partial charge in [-0.05, 0) is 0 Å². The van der Waals surface area contributed by atoms with Gasteiger partial charge in [0.25, 0.3) is 0 Å². The average Bonchev–Trinajstić information content (AvgIpc) is 2.86. The van der Waals surface area contributed by atoms with E-state index >= 15 is 0 Å². The first-order chi connectivity index (χ1) is 6.95. The van der Waals surface area contributed by atoms with Crippen LogP contribution in [0.4, 0.5) is 0 Å². The van der Waals surface area contributed by atoms with Crippen LogP contribution in [-0.2, 0) is 0 Å². The van der Waals surface area contributed by atoms with Gasteiger partial charge in [0.1, 0.15) is 11.4 Å². The second kappa shape index (κ2) is 4.13. The van der Waals surface area contributed by atoms with Gasteiger partial charge in [0.05, 0.1) is 25.1 Å². The van der Waals surface area contributed by atoms with Crippen molar-refractivity contribution in [1.29, 1.82) is 0 Å². The molecule has 0 aliphatic rings. The summed E-state index contributed by atoms with van der Waals surface area (Å²) in [5, 5.41) is 7.59. The van der Waals surface area contributed by atoms with Crippen LogP contribution in [0.5, 0.6) is 0 Å². The van der Waals surface area contributed by atoms with Gasteiger partial charge in [-0.1, -0.05) is 0 Å². The number of H-pyrrole nitrogens is 2. The van der Waals surface area contributed by atoms with E-state index in [2.05, 4.69) is 30.1 Å². The number of aromatic nitrogens is 4. The Labute approximate surface area is 79.8 Å². The number of nitrogens with one attached hydrogen (secondary N) is 2. The molecule has 0 amide bonds. The number of hydrogen-bond acceptors (Lipinski definition) is 4. The van der Waals surface area contributed by atoms with E-state index < -0.39 is 0 Å². The van der Waals surface area contributed by atoms with Crippen LogP contribution in [0, 0.1) is 0 Å². The lowest BCUT2D eigenvalue weighted by Crippen LogP contribution is -1.80. The van der Waals surface area contributed by atoms with Crippen LogP contribution < -0.4 is 0 Å². The summed E-state index contributed by atoms with van der Waals surface area (Å²) in [6.07, 6.45) is 9.73. The van der Waals surface area contributed by atoms with Crippen LogP contribution in [-0.4, -0.2) is 32.4 Å². The van der Waals surface area contributed by atoms with Gasteiger partial charge in [-0.2, -0.15) is 10.2 Å². The molecule has 0 saturated carbocycles. The second-order valence-electron chi connectivity index (χ2n) is 2.48. The maximum Gasteiger partial charge on any atom is 0.101 e. The molecule has 0 bridgehead atoms. The molecule has 0 aliphatic carbocycles. The molecule has 2 N–H and O–H groups in total. The Hall–Kier alpha value is -2.24. The topological polar surface area (TPSA) is 82.1 Å². The number of imidazole rings is 2. The summed E-state index contributed by atoms with van der Waals surface area (Å²) in [6.45, 7) is 0. The third-order valence-electron chi connectivity index (χ3n) is 1.49. The van der Waals surface area contributed by atoms with Crippen molar-refractivity contribution in [3.05, 3.63) is 36.4 Å². The summed E-state index contributed by atoms with van der Waals surface area (Å²) >= 11 is 0. The number of rotatable bonds is 3. The van der Waals surface area contributed by atoms with Crippen molar-refractivity contribution in [2.75, 3.05) is 0 Å². The minimum absolute atomic E-state index is 0.740. The predicted octanol–water partition coefficient (Wildman–Crippen LogP) is 0.586. The second-order valence-corrected chi connectivity index (χ2v) is 2.48. The first-order valence-corrected chi connectivity index (χ1v) is 3.99. The van der Waals surface area contributed by atoms with Crippen LogP contribution in [0.2, 0.25) is 0 Å². The Bertz CT molecular complexity index is 368. The number of aromatic amines is 2. The van der Waals surface area contributed by atoms with Crippen LogP contribution >= 0.6 is 0 Å². The minimum Gasteiger partial charge on any atom is -0.351 e. The van der Waals surface area contributed by atoms with Crippen molar-refractivity contribution in [2.45, 2.75) is 0 Å². The molecule has 0 aromatic carbocycles. The molecule has 2 heterocycles. The third kappa shape index (κ3) is 2.13. The molecule has 0 radical (unpaired) electrons. The van der Waals surface area contributed by atoms with Gasteiger partial charge in [-0.25, -0.2) is 9.97 Å². The summed E-state index contributed by atoms with van der Waals surface area (Å²) in [5.74, 6) is 0. The van der Waals surface area contributed by atoms with Crippen molar-refractivity contribution in [2.24, 2.45) is 10.2 Å². The molecule has 0 aliphatic heterocycles. The Kier molecular flexibility index (Phi) is 2.46. The highest BCUT2D eigenvalue weighted by Gasteiger charge is 1.86.